The summed E-state index contributed by atoms with van der Waals surface area (Å²) in [5.41, 5.74) is 4.51. The van der Waals surface area contributed by atoms with Crippen LogP contribution in [-0.2, 0) is 11.3 Å². The summed E-state index contributed by atoms with van der Waals surface area (Å²) in [5, 5.41) is 2.99. The highest BCUT2D eigenvalue weighted by Crippen LogP contribution is 2.42. The maximum absolute atomic E-state index is 13.4. The molecule has 0 spiro atoms. The van der Waals surface area contributed by atoms with E-state index in [1.165, 1.54) is 0 Å². The molecule has 0 bridgehead atoms. The molecule has 3 aromatic rings. The van der Waals surface area contributed by atoms with Gasteiger partial charge in [0.05, 0.1) is 24.8 Å². The van der Waals surface area contributed by atoms with Crippen LogP contribution in [0.4, 0.5) is 0 Å². The zero-order valence-corrected chi connectivity index (χ0v) is 16.8. The zero-order chi connectivity index (χ0) is 20.5. The van der Waals surface area contributed by atoms with Gasteiger partial charge in [-0.2, -0.15) is 0 Å². The molecule has 1 aromatic heterocycles. The lowest BCUT2D eigenvalue weighted by Crippen LogP contribution is -2.45. The summed E-state index contributed by atoms with van der Waals surface area (Å²) in [6.45, 7) is 4.36. The van der Waals surface area contributed by atoms with E-state index in [4.69, 9.17) is 4.42 Å². The average Bonchev–Trinajstić information content (AvgIpc) is 3.21. The van der Waals surface area contributed by atoms with E-state index in [1.807, 2.05) is 38.1 Å². The third-order valence-corrected chi connectivity index (χ3v) is 5.46. The van der Waals surface area contributed by atoms with Gasteiger partial charge in [0.15, 0.2) is 0 Å². The van der Waals surface area contributed by atoms with E-state index < -0.39 is 5.92 Å². The van der Waals surface area contributed by atoms with Crippen molar-refractivity contribution in [2.45, 2.75) is 32.4 Å². The Hall–Kier alpha value is -3.34. The molecule has 5 heteroatoms. The SMILES string of the molecule is Cc1cc(C)cc(C2C(C(=O)NCc3ccco3)c3ccccc3C(=O)N2C)c1. The Morgan fingerprint density at radius 2 is 1.79 bits per heavy atom. The van der Waals surface area contributed by atoms with Crippen molar-refractivity contribution in [3.05, 3.63) is 94.4 Å². The molecular weight excluding hydrogens is 364 g/mol. The first-order valence-corrected chi connectivity index (χ1v) is 9.70. The molecular formula is C24H24N2O3. The first-order chi connectivity index (χ1) is 14.0. The number of fused-ring (bicyclic) bond motifs is 1. The summed E-state index contributed by atoms with van der Waals surface area (Å²) >= 11 is 0. The Labute approximate surface area is 170 Å². The lowest BCUT2D eigenvalue weighted by atomic mass is 9.79. The molecule has 1 aliphatic rings. The number of benzene rings is 2. The molecule has 2 amide bonds. The van der Waals surface area contributed by atoms with E-state index in [-0.39, 0.29) is 17.9 Å². The van der Waals surface area contributed by atoms with Crippen LogP contribution >= 0.6 is 0 Å². The van der Waals surface area contributed by atoms with Crippen LogP contribution in [0.1, 0.15) is 50.3 Å². The molecule has 1 N–H and O–H groups in total. The first-order valence-electron chi connectivity index (χ1n) is 9.70. The largest absolute Gasteiger partial charge is 0.467 e. The maximum Gasteiger partial charge on any atom is 0.254 e. The number of furan rings is 1. The fraction of sp³-hybridized carbons (Fsp3) is 0.250. The van der Waals surface area contributed by atoms with Crippen LogP contribution < -0.4 is 5.32 Å². The second-order valence-electron chi connectivity index (χ2n) is 7.64. The van der Waals surface area contributed by atoms with Crippen molar-refractivity contribution in [2.75, 3.05) is 7.05 Å². The molecule has 0 radical (unpaired) electrons. The molecule has 148 valence electrons. The van der Waals surface area contributed by atoms with Crippen LogP contribution in [-0.4, -0.2) is 23.8 Å². The summed E-state index contributed by atoms with van der Waals surface area (Å²) in [6, 6.07) is 16.8. The number of carbonyl (C=O) groups excluding carboxylic acids is 2. The standard InChI is InChI=1S/C24H24N2O3/c1-15-11-16(2)13-17(12-15)22-21(23(27)25-14-18-7-6-10-29-18)19-8-4-5-9-20(19)24(28)26(22)3/h4-13,21-22H,14H2,1-3H3,(H,25,27). The van der Waals surface area contributed by atoms with Crippen LogP contribution in [0.15, 0.2) is 65.3 Å². The average molecular weight is 388 g/mol. The Balaban J connectivity index is 1.78. The highest BCUT2D eigenvalue weighted by molar-refractivity contribution is 6.01. The predicted octanol–water partition coefficient (Wildman–Crippen LogP) is 4.12. The Morgan fingerprint density at radius 3 is 2.48 bits per heavy atom. The molecule has 4 rings (SSSR count). The summed E-state index contributed by atoms with van der Waals surface area (Å²) in [6.07, 6.45) is 1.59. The monoisotopic (exact) mass is 388 g/mol. The van der Waals surface area contributed by atoms with Gasteiger partial charge in [0.1, 0.15) is 5.76 Å². The van der Waals surface area contributed by atoms with E-state index >= 15 is 0 Å². The van der Waals surface area contributed by atoms with Crippen molar-refractivity contribution in [1.82, 2.24) is 10.2 Å². The van der Waals surface area contributed by atoms with Crippen molar-refractivity contribution < 1.29 is 14.0 Å². The molecule has 0 saturated heterocycles. The van der Waals surface area contributed by atoms with Crippen molar-refractivity contribution >= 4 is 11.8 Å². The number of amides is 2. The predicted molar refractivity (Wildman–Crippen MR) is 110 cm³/mol. The lowest BCUT2D eigenvalue weighted by Gasteiger charge is -2.40. The highest BCUT2D eigenvalue weighted by Gasteiger charge is 2.42. The molecule has 2 atom stereocenters. The fourth-order valence-electron chi connectivity index (χ4n) is 4.25. The molecule has 0 saturated carbocycles. The van der Waals surface area contributed by atoms with Crippen LogP contribution in [0.3, 0.4) is 0 Å². The van der Waals surface area contributed by atoms with Crippen molar-refractivity contribution in [3.8, 4) is 0 Å². The second-order valence-corrected chi connectivity index (χ2v) is 7.64. The summed E-state index contributed by atoms with van der Waals surface area (Å²) < 4.78 is 5.34. The molecule has 2 aromatic carbocycles. The number of hydrogen-bond acceptors (Lipinski definition) is 3. The van der Waals surface area contributed by atoms with E-state index in [9.17, 15) is 9.59 Å². The smallest absolute Gasteiger partial charge is 0.254 e. The maximum atomic E-state index is 13.4. The van der Waals surface area contributed by atoms with Gasteiger partial charge in [-0.1, -0.05) is 47.5 Å². The number of hydrogen-bond donors (Lipinski definition) is 1. The number of aryl methyl sites for hydroxylation is 2. The third kappa shape index (κ3) is 3.56. The van der Waals surface area contributed by atoms with Crippen LogP contribution in [0.25, 0.3) is 0 Å². The van der Waals surface area contributed by atoms with Gasteiger partial charge in [-0.3, -0.25) is 9.59 Å². The van der Waals surface area contributed by atoms with Gasteiger partial charge in [0.25, 0.3) is 5.91 Å². The van der Waals surface area contributed by atoms with Gasteiger partial charge in [0, 0.05) is 12.6 Å². The number of carbonyl (C=O) groups is 2. The lowest BCUT2D eigenvalue weighted by molar-refractivity contribution is -0.124. The van der Waals surface area contributed by atoms with Crippen LogP contribution in [0.2, 0.25) is 0 Å². The summed E-state index contributed by atoms with van der Waals surface area (Å²) in [7, 11) is 1.77. The number of nitrogens with one attached hydrogen (secondary N) is 1. The van der Waals surface area contributed by atoms with Gasteiger partial charge in [-0.05, 0) is 43.2 Å². The summed E-state index contributed by atoms with van der Waals surface area (Å²) in [4.78, 5) is 28.1. The number of likely N-dealkylation sites (N-methyl/N-ethyl adjacent to an activating group) is 1. The minimum absolute atomic E-state index is 0.0696. The van der Waals surface area contributed by atoms with Gasteiger partial charge >= 0.3 is 0 Å². The molecule has 0 aliphatic carbocycles. The van der Waals surface area contributed by atoms with Crippen LogP contribution in [0.5, 0.6) is 0 Å². The summed E-state index contributed by atoms with van der Waals surface area (Å²) in [5.74, 6) is -0.0166. The topological polar surface area (TPSA) is 62.6 Å². The van der Waals surface area contributed by atoms with E-state index in [1.54, 1.807) is 30.3 Å². The Kier molecular flexibility index (Phi) is 4.97. The quantitative estimate of drug-likeness (QED) is 0.731. The molecule has 1 aliphatic heterocycles. The highest BCUT2D eigenvalue weighted by atomic mass is 16.3. The second kappa shape index (κ2) is 7.59. The minimum Gasteiger partial charge on any atom is -0.467 e. The Morgan fingerprint density at radius 1 is 1.07 bits per heavy atom. The zero-order valence-electron chi connectivity index (χ0n) is 16.8. The first kappa shape index (κ1) is 19.0. The van der Waals surface area contributed by atoms with Gasteiger partial charge in [-0.25, -0.2) is 0 Å². The molecule has 2 heterocycles. The van der Waals surface area contributed by atoms with Gasteiger partial charge in [-0.15, -0.1) is 0 Å². The van der Waals surface area contributed by atoms with Crippen molar-refractivity contribution in [3.63, 3.8) is 0 Å². The molecule has 0 fully saturated rings. The Bertz CT molecular complexity index is 1040. The normalized spacial score (nSPS) is 18.4. The number of nitrogens with zero attached hydrogens (tertiary/aromatic N) is 1. The van der Waals surface area contributed by atoms with Crippen molar-refractivity contribution in [2.24, 2.45) is 0 Å². The van der Waals surface area contributed by atoms with Crippen molar-refractivity contribution in [1.29, 1.82) is 0 Å². The van der Waals surface area contributed by atoms with E-state index in [0.717, 1.165) is 22.3 Å². The van der Waals surface area contributed by atoms with Gasteiger partial charge < -0.3 is 14.6 Å². The van der Waals surface area contributed by atoms with Crippen LogP contribution in [0, 0.1) is 13.8 Å². The number of rotatable bonds is 4. The molecule has 2 unspecified atom stereocenters. The van der Waals surface area contributed by atoms with E-state index in [2.05, 4.69) is 23.5 Å². The molecule has 5 nitrogen and oxygen atoms in total. The van der Waals surface area contributed by atoms with E-state index in [0.29, 0.717) is 17.9 Å². The molecule has 29 heavy (non-hydrogen) atoms. The van der Waals surface area contributed by atoms with Gasteiger partial charge in [0.2, 0.25) is 5.91 Å². The third-order valence-electron chi connectivity index (χ3n) is 5.46. The fourth-order valence-corrected chi connectivity index (χ4v) is 4.25. The minimum atomic E-state index is -0.509.